The fourth-order valence-electron chi connectivity index (χ4n) is 1.49. The number of carbonyl (C=O) groups excluding carboxylic acids is 1. The van der Waals surface area contributed by atoms with Gasteiger partial charge in [0.1, 0.15) is 11.5 Å². The van der Waals surface area contributed by atoms with Gasteiger partial charge >= 0.3 is 0 Å². The van der Waals surface area contributed by atoms with Crippen molar-refractivity contribution in [1.29, 1.82) is 0 Å². The van der Waals surface area contributed by atoms with Gasteiger partial charge in [0.15, 0.2) is 0 Å². The Labute approximate surface area is 109 Å². The molecule has 0 bridgehead atoms. The van der Waals surface area contributed by atoms with Crippen LogP contribution in [-0.4, -0.2) is 16.9 Å². The lowest BCUT2D eigenvalue weighted by Gasteiger charge is -2.17. The molecule has 1 aromatic rings. The van der Waals surface area contributed by atoms with E-state index < -0.39 is 28.4 Å². The molecular weight excluding hydrogens is 253 g/mol. The van der Waals surface area contributed by atoms with E-state index in [1.165, 1.54) is 0 Å². The molecule has 0 unspecified atom stereocenters. The van der Waals surface area contributed by atoms with E-state index in [0.717, 1.165) is 18.2 Å². The Morgan fingerprint density at radius 1 is 1.58 bits per heavy atom. The third-order valence-electron chi connectivity index (χ3n) is 2.97. The lowest BCUT2D eigenvalue weighted by molar-refractivity contribution is -0.384. The molecule has 0 spiro atoms. The molecule has 1 aromatic carbocycles. The zero-order valence-electron chi connectivity index (χ0n) is 10.7. The minimum absolute atomic E-state index is 0.0560. The van der Waals surface area contributed by atoms with Crippen molar-refractivity contribution in [3.05, 3.63) is 34.1 Å². The Bertz CT molecular complexity index is 493. The van der Waals surface area contributed by atoms with Crippen LogP contribution in [0.15, 0.2) is 18.2 Å². The van der Waals surface area contributed by atoms with Crippen LogP contribution in [0.4, 0.5) is 15.8 Å². The molecule has 0 aliphatic heterocycles. The fourth-order valence-corrected chi connectivity index (χ4v) is 1.49. The van der Waals surface area contributed by atoms with Crippen molar-refractivity contribution >= 4 is 17.3 Å². The molecule has 2 atom stereocenters. The molecule has 0 fully saturated rings. The van der Waals surface area contributed by atoms with Gasteiger partial charge in [-0.05, 0) is 18.1 Å². The van der Waals surface area contributed by atoms with Gasteiger partial charge in [0.25, 0.3) is 5.69 Å². The lowest BCUT2D eigenvalue weighted by Crippen LogP contribution is -2.40. The highest BCUT2D eigenvalue weighted by molar-refractivity contribution is 5.96. The quantitative estimate of drug-likeness (QED) is 0.631. The van der Waals surface area contributed by atoms with Crippen LogP contribution < -0.4 is 11.1 Å². The van der Waals surface area contributed by atoms with E-state index in [1.54, 1.807) is 0 Å². The summed E-state index contributed by atoms with van der Waals surface area (Å²) in [5, 5.41) is 13.1. The third kappa shape index (κ3) is 3.72. The maximum Gasteiger partial charge on any atom is 0.295 e. The highest BCUT2D eigenvalue weighted by atomic mass is 19.1. The fraction of sp³-hybridized carbons (Fsp3) is 0.417. The Balaban J connectivity index is 2.94. The zero-order valence-corrected chi connectivity index (χ0v) is 10.7. The Kier molecular flexibility index (Phi) is 4.94. The highest BCUT2D eigenvalue weighted by Gasteiger charge is 2.23. The molecule has 6 nitrogen and oxygen atoms in total. The van der Waals surface area contributed by atoms with E-state index in [2.05, 4.69) is 5.32 Å². The maximum atomic E-state index is 12.9. The summed E-state index contributed by atoms with van der Waals surface area (Å²) in [4.78, 5) is 21.8. The molecule has 1 rings (SSSR count). The molecule has 104 valence electrons. The van der Waals surface area contributed by atoms with Gasteiger partial charge in [-0.3, -0.25) is 14.9 Å². The van der Waals surface area contributed by atoms with Crippen LogP contribution in [0.1, 0.15) is 20.3 Å². The normalized spacial score (nSPS) is 13.7. The van der Waals surface area contributed by atoms with Crippen molar-refractivity contribution < 1.29 is 14.1 Å². The van der Waals surface area contributed by atoms with Crippen LogP contribution in [-0.2, 0) is 4.79 Å². The number of rotatable bonds is 5. The van der Waals surface area contributed by atoms with E-state index in [1.807, 2.05) is 13.8 Å². The average Bonchev–Trinajstić information content (AvgIpc) is 2.38. The summed E-state index contributed by atoms with van der Waals surface area (Å²) < 4.78 is 12.9. The van der Waals surface area contributed by atoms with Crippen molar-refractivity contribution in [2.24, 2.45) is 11.7 Å². The number of nitrogens with two attached hydrogens (primary N) is 1. The summed E-state index contributed by atoms with van der Waals surface area (Å²) in [5.74, 6) is -1.32. The lowest BCUT2D eigenvalue weighted by atomic mass is 9.99. The smallest absolute Gasteiger partial charge is 0.295 e. The predicted octanol–water partition coefficient (Wildman–Crippen LogP) is 2.05. The first-order valence-corrected chi connectivity index (χ1v) is 5.87. The number of nitrogens with zero attached hydrogens (tertiary/aromatic N) is 1. The van der Waals surface area contributed by atoms with Crippen LogP contribution in [0.2, 0.25) is 0 Å². The first-order valence-electron chi connectivity index (χ1n) is 5.87. The van der Waals surface area contributed by atoms with Gasteiger partial charge in [0.05, 0.1) is 17.0 Å². The number of benzene rings is 1. The van der Waals surface area contributed by atoms with Gasteiger partial charge in [0, 0.05) is 0 Å². The van der Waals surface area contributed by atoms with Crippen molar-refractivity contribution in [3.8, 4) is 0 Å². The number of carbonyl (C=O) groups is 1. The Hall–Kier alpha value is -2.02. The number of anilines is 1. The Morgan fingerprint density at radius 3 is 2.74 bits per heavy atom. The van der Waals surface area contributed by atoms with Crippen LogP contribution in [0.3, 0.4) is 0 Å². The standard InChI is InChI=1S/C12H16FN3O3/c1-3-7(2)11(14)12(17)15-9-5-4-8(13)6-10(9)16(18)19/h4-7,11H,3,14H2,1-2H3,(H,15,17)/t7-,11-/m0/s1. The topological polar surface area (TPSA) is 98.3 Å². The van der Waals surface area contributed by atoms with E-state index >= 15 is 0 Å². The molecule has 0 saturated heterocycles. The number of amides is 1. The number of hydrogen-bond acceptors (Lipinski definition) is 4. The van der Waals surface area contributed by atoms with Gasteiger partial charge in [0.2, 0.25) is 5.91 Å². The van der Waals surface area contributed by atoms with Gasteiger partial charge in [-0.15, -0.1) is 0 Å². The largest absolute Gasteiger partial charge is 0.320 e. The SMILES string of the molecule is CC[C@H](C)[C@H](N)C(=O)Nc1ccc(F)cc1[N+](=O)[O-]. The Morgan fingerprint density at radius 2 is 2.21 bits per heavy atom. The van der Waals surface area contributed by atoms with Crippen molar-refractivity contribution in [1.82, 2.24) is 0 Å². The molecular formula is C12H16FN3O3. The minimum atomic E-state index is -0.769. The van der Waals surface area contributed by atoms with E-state index in [-0.39, 0.29) is 11.6 Å². The maximum absolute atomic E-state index is 12.9. The van der Waals surface area contributed by atoms with Crippen LogP contribution in [0.5, 0.6) is 0 Å². The summed E-state index contributed by atoms with van der Waals surface area (Å²) in [6, 6.07) is 2.17. The minimum Gasteiger partial charge on any atom is -0.320 e. The first kappa shape index (κ1) is 15.0. The molecule has 19 heavy (non-hydrogen) atoms. The second-order valence-corrected chi connectivity index (χ2v) is 4.32. The molecule has 1 amide bonds. The zero-order chi connectivity index (χ0) is 14.6. The van der Waals surface area contributed by atoms with Crippen LogP contribution >= 0.6 is 0 Å². The summed E-state index contributed by atoms with van der Waals surface area (Å²) in [6.45, 7) is 3.70. The molecule has 7 heteroatoms. The van der Waals surface area contributed by atoms with Crippen molar-refractivity contribution in [2.45, 2.75) is 26.3 Å². The second kappa shape index (κ2) is 6.24. The molecule has 0 saturated carbocycles. The predicted molar refractivity (Wildman–Crippen MR) is 69.1 cm³/mol. The summed E-state index contributed by atoms with van der Waals surface area (Å²) in [5.41, 5.74) is 5.16. The third-order valence-corrected chi connectivity index (χ3v) is 2.97. The molecule has 3 N–H and O–H groups in total. The van der Waals surface area contributed by atoms with Crippen molar-refractivity contribution in [3.63, 3.8) is 0 Å². The number of hydrogen-bond donors (Lipinski definition) is 2. The summed E-state index contributed by atoms with van der Waals surface area (Å²) in [7, 11) is 0. The van der Waals surface area contributed by atoms with Gasteiger partial charge < -0.3 is 11.1 Å². The van der Waals surface area contributed by atoms with E-state index in [9.17, 15) is 19.3 Å². The first-order chi connectivity index (χ1) is 8.86. The molecule has 0 heterocycles. The van der Waals surface area contributed by atoms with E-state index in [0.29, 0.717) is 6.42 Å². The summed E-state index contributed by atoms with van der Waals surface area (Å²) >= 11 is 0. The van der Waals surface area contributed by atoms with Crippen LogP contribution in [0.25, 0.3) is 0 Å². The molecule has 0 aromatic heterocycles. The monoisotopic (exact) mass is 269 g/mol. The number of nitrogens with one attached hydrogen (secondary N) is 1. The van der Waals surface area contributed by atoms with Crippen LogP contribution in [0, 0.1) is 21.8 Å². The number of halogens is 1. The molecule has 0 radical (unpaired) electrons. The van der Waals surface area contributed by atoms with E-state index in [4.69, 9.17) is 5.73 Å². The van der Waals surface area contributed by atoms with Gasteiger partial charge in [-0.2, -0.15) is 0 Å². The highest BCUT2D eigenvalue weighted by Crippen LogP contribution is 2.25. The summed E-state index contributed by atoms with van der Waals surface area (Å²) in [6.07, 6.45) is 0.708. The van der Waals surface area contributed by atoms with Crippen molar-refractivity contribution in [2.75, 3.05) is 5.32 Å². The molecule has 0 aliphatic rings. The average molecular weight is 269 g/mol. The number of nitro groups is 1. The molecule has 0 aliphatic carbocycles. The van der Waals surface area contributed by atoms with Gasteiger partial charge in [-0.25, -0.2) is 4.39 Å². The van der Waals surface area contributed by atoms with Gasteiger partial charge in [-0.1, -0.05) is 20.3 Å². The number of nitro benzene ring substituents is 1. The second-order valence-electron chi connectivity index (χ2n) is 4.32.